The van der Waals surface area contributed by atoms with Crippen LogP contribution in [0.1, 0.15) is 38.8 Å². The monoisotopic (exact) mass is 409 g/mol. The molecule has 1 amide bonds. The number of nitrogen functional groups attached to an aromatic ring is 1. The van der Waals surface area contributed by atoms with Crippen molar-refractivity contribution in [1.82, 2.24) is 14.9 Å². The summed E-state index contributed by atoms with van der Waals surface area (Å²) in [5, 5.41) is 11.4. The van der Waals surface area contributed by atoms with Crippen LogP contribution in [0.5, 0.6) is 0 Å². The Hall–Kier alpha value is -2.80. The van der Waals surface area contributed by atoms with Crippen molar-refractivity contribution in [2.24, 2.45) is 0 Å². The van der Waals surface area contributed by atoms with Gasteiger partial charge in [0.2, 0.25) is 11.1 Å². The molecule has 3 rings (SSSR count). The number of nitrogens with zero attached hydrogens (tertiary/aromatic N) is 3. The van der Waals surface area contributed by atoms with E-state index in [-0.39, 0.29) is 16.6 Å². The van der Waals surface area contributed by atoms with Gasteiger partial charge in [-0.3, -0.25) is 4.79 Å². The Kier molecular flexibility index (Phi) is 5.98. The lowest BCUT2D eigenvalue weighted by Gasteiger charge is -2.19. The normalized spacial score (nSPS) is 12.6. The zero-order chi connectivity index (χ0) is 21.2. The number of benzene rings is 2. The Morgan fingerprint density at radius 1 is 1.07 bits per heavy atom. The minimum Gasteiger partial charge on any atom is -0.335 e. The van der Waals surface area contributed by atoms with Crippen LogP contribution in [0.3, 0.4) is 0 Å². The number of aryl methyl sites for hydroxylation is 1. The highest BCUT2D eigenvalue weighted by atomic mass is 32.2. The molecule has 0 aliphatic carbocycles. The third kappa shape index (κ3) is 4.98. The van der Waals surface area contributed by atoms with E-state index in [1.807, 2.05) is 50.2 Å². The molecular formula is C22H27N5OS. The molecule has 0 saturated heterocycles. The summed E-state index contributed by atoms with van der Waals surface area (Å²) >= 11 is 1.28. The molecule has 1 atom stereocenters. The van der Waals surface area contributed by atoms with E-state index in [4.69, 9.17) is 5.84 Å². The number of carbonyl (C=O) groups is 1. The summed E-state index contributed by atoms with van der Waals surface area (Å²) in [5.41, 5.74) is 4.11. The van der Waals surface area contributed by atoms with E-state index in [9.17, 15) is 4.79 Å². The van der Waals surface area contributed by atoms with Crippen LogP contribution >= 0.6 is 11.8 Å². The second kappa shape index (κ2) is 8.29. The van der Waals surface area contributed by atoms with Crippen LogP contribution in [-0.4, -0.2) is 26.0 Å². The molecular weight excluding hydrogens is 382 g/mol. The molecule has 0 saturated carbocycles. The standard InChI is InChI=1S/C22H27N5OS/c1-14-6-12-18(13-7-14)24-20(28)15(2)29-21-26-25-19(27(21)23)16-8-10-17(11-9-16)22(3,4)5/h6-13,15H,23H2,1-5H3,(H,24,28)/t15-/m1/s1. The lowest BCUT2D eigenvalue weighted by Crippen LogP contribution is -2.23. The second-order valence-electron chi connectivity index (χ2n) is 8.12. The largest absolute Gasteiger partial charge is 0.335 e. The molecule has 1 aromatic heterocycles. The van der Waals surface area contributed by atoms with Crippen LogP contribution in [0, 0.1) is 6.92 Å². The van der Waals surface area contributed by atoms with Gasteiger partial charge in [0.15, 0.2) is 5.82 Å². The molecule has 3 aromatic rings. The number of thioether (sulfide) groups is 1. The summed E-state index contributed by atoms with van der Waals surface area (Å²) in [4.78, 5) is 12.5. The number of hydrogen-bond acceptors (Lipinski definition) is 5. The van der Waals surface area contributed by atoms with Gasteiger partial charge in [-0.05, 0) is 37.0 Å². The quantitative estimate of drug-likeness (QED) is 0.482. The van der Waals surface area contributed by atoms with E-state index < -0.39 is 0 Å². The van der Waals surface area contributed by atoms with E-state index in [0.717, 1.165) is 16.8 Å². The number of amides is 1. The minimum absolute atomic E-state index is 0.0795. The maximum Gasteiger partial charge on any atom is 0.237 e. The number of anilines is 1. The van der Waals surface area contributed by atoms with Crippen LogP contribution in [0.4, 0.5) is 5.69 Å². The summed E-state index contributed by atoms with van der Waals surface area (Å²) < 4.78 is 1.44. The van der Waals surface area contributed by atoms with Crippen molar-refractivity contribution in [3.8, 4) is 11.4 Å². The number of nitrogens with one attached hydrogen (secondary N) is 1. The molecule has 0 unspecified atom stereocenters. The molecule has 152 valence electrons. The van der Waals surface area contributed by atoms with Crippen molar-refractivity contribution in [3.63, 3.8) is 0 Å². The number of rotatable bonds is 5. The highest BCUT2D eigenvalue weighted by Crippen LogP contribution is 2.28. The fourth-order valence-electron chi connectivity index (χ4n) is 2.77. The molecule has 7 heteroatoms. The SMILES string of the molecule is Cc1ccc(NC(=O)[C@@H](C)Sc2nnc(-c3ccc(C(C)(C)C)cc3)n2N)cc1. The smallest absolute Gasteiger partial charge is 0.237 e. The van der Waals surface area contributed by atoms with Gasteiger partial charge in [0.1, 0.15) is 0 Å². The first-order valence-corrected chi connectivity index (χ1v) is 10.4. The van der Waals surface area contributed by atoms with E-state index in [1.54, 1.807) is 0 Å². The molecule has 0 radical (unpaired) electrons. The van der Waals surface area contributed by atoms with Crippen LogP contribution < -0.4 is 11.2 Å². The molecule has 0 fully saturated rings. The third-order valence-electron chi connectivity index (χ3n) is 4.64. The van der Waals surface area contributed by atoms with Gasteiger partial charge in [0.25, 0.3) is 0 Å². The van der Waals surface area contributed by atoms with Crippen molar-refractivity contribution in [2.75, 3.05) is 11.2 Å². The van der Waals surface area contributed by atoms with Gasteiger partial charge in [-0.1, -0.05) is 74.5 Å². The number of nitrogens with two attached hydrogens (primary N) is 1. The van der Waals surface area contributed by atoms with Gasteiger partial charge in [0.05, 0.1) is 5.25 Å². The first-order valence-electron chi connectivity index (χ1n) is 9.51. The third-order valence-corrected chi connectivity index (χ3v) is 5.70. The van der Waals surface area contributed by atoms with Gasteiger partial charge in [-0.2, -0.15) is 0 Å². The first kappa shape index (κ1) is 20.9. The molecule has 0 aliphatic heterocycles. The maximum absolute atomic E-state index is 12.5. The summed E-state index contributed by atoms with van der Waals surface area (Å²) in [6.07, 6.45) is 0. The lowest BCUT2D eigenvalue weighted by atomic mass is 9.87. The summed E-state index contributed by atoms with van der Waals surface area (Å²) in [6, 6.07) is 15.8. The van der Waals surface area contributed by atoms with Crippen molar-refractivity contribution in [2.45, 2.75) is 50.4 Å². The fourth-order valence-corrected chi connectivity index (χ4v) is 3.54. The van der Waals surface area contributed by atoms with Gasteiger partial charge in [-0.25, -0.2) is 4.68 Å². The Balaban J connectivity index is 1.70. The average molecular weight is 410 g/mol. The highest BCUT2D eigenvalue weighted by Gasteiger charge is 2.20. The molecule has 2 aromatic carbocycles. The number of hydrogen-bond donors (Lipinski definition) is 2. The predicted molar refractivity (Wildman–Crippen MR) is 119 cm³/mol. The van der Waals surface area contributed by atoms with Gasteiger partial charge in [-0.15, -0.1) is 10.2 Å². The van der Waals surface area contributed by atoms with Gasteiger partial charge in [0, 0.05) is 11.3 Å². The van der Waals surface area contributed by atoms with E-state index in [0.29, 0.717) is 11.0 Å². The molecule has 29 heavy (non-hydrogen) atoms. The van der Waals surface area contributed by atoms with Crippen LogP contribution in [0.2, 0.25) is 0 Å². The van der Waals surface area contributed by atoms with Crippen molar-refractivity contribution in [1.29, 1.82) is 0 Å². The zero-order valence-electron chi connectivity index (χ0n) is 17.4. The highest BCUT2D eigenvalue weighted by molar-refractivity contribution is 8.00. The number of carbonyl (C=O) groups excluding carboxylic acids is 1. The minimum atomic E-state index is -0.376. The molecule has 0 bridgehead atoms. The average Bonchev–Trinajstić information content (AvgIpc) is 3.03. The molecule has 3 N–H and O–H groups in total. The van der Waals surface area contributed by atoms with E-state index >= 15 is 0 Å². The Bertz CT molecular complexity index is 988. The lowest BCUT2D eigenvalue weighted by molar-refractivity contribution is -0.115. The summed E-state index contributed by atoms with van der Waals surface area (Å²) in [6.45, 7) is 10.3. The Morgan fingerprint density at radius 2 is 1.69 bits per heavy atom. The first-order chi connectivity index (χ1) is 13.6. The summed E-state index contributed by atoms with van der Waals surface area (Å²) in [5.74, 6) is 6.67. The molecule has 0 spiro atoms. The van der Waals surface area contributed by atoms with Gasteiger partial charge < -0.3 is 11.2 Å². The van der Waals surface area contributed by atoms with E-state index in [1.165, 1.54) is 22.0 Å². The maximum atomic E-state index is 12.5. The predicted octanol–water partition coefficient (Wildman–Crippen LogP) is 4.38. The van der Waals surface area contributed by atoms with Crippen LogP contribution in [0.15, 0.2) is 53.7 Å². The van der Waals surface area contributed by atoms with Crippen molar-refractivity contribution >= 4 is 23.4 Å². The number of aromatic nitrogens is 3. The van der Waals surface area contributed by atoms with Crippen LogP contribution in [0.25, 0.3) is 11.4 Å². The second-order valence-corrected chi connectivity index (χ2v) is 9.43. The Labute approximate surface area is 175 Å². The summed E-state index contributed by atoms with van der Waals surface area (Å²) in [7, 11) is 0. The van der Waals surface area contributed by atoms with E-state index in [2.05, 4.69) is 48.4 Å². The van der Waals surface area contributed by atoms with Crippen molar-refractivity contribution < 1.29 is 4.79 Å². The molecule has 0 aliphatic rings. The zero-order valence-corrected chi connectivity index (χ0v) is 18.2. The van der Waals surface area contributed by atoms with Crippen molar-refractivity contribution in [3.05, 3.63) is 59.7 Å². The molecule has 1 heterocycles. The fraction of sp³-hybridized carbons (Fsp3) is 0.318. The Morgan fingerprint density at radius 3 is 2.28 bits per heavy atom. The topological polar surface area (TPSA) is 85.8 Å². The molecule has 6 nitrogen and oxygen atoms in total. The van der Waals surface area contributed by atoms with Gasteiger partial charge >= 0.3 is 0 Å². The van der Waals surface area contributed by atoms with Crippen LogP contribution in [-0.2, 0) is 10.2 Å².